The Bertz CT molecular complexity index is 492. The van der Waals surface area contributed by atoms with E-state index in [1.54, 1.807) is 31.2 Å². The molecule has 1 aromatic carbocycles. The molecule has 0 spiro atoms. The zero-order chi connectivity index (χ0) is 15.2. The molecule has 1 aliphatic rings. The smallest absolute Gasteiger partial charge is 0.307 e. The second-order valence-corrected chi connectivity index (χ2v) is 5.46. The quantitative estimate of drug-likeness (QED) is 0.842. The van der Waals surface area contributed by atoms with Crippen molar-refractivity contribution in [2.24, 2.45) is 0 Å². The zero-order valence-electron chi connectivity index (χ0n) is 12.2. The van der Waals surface area contributed by atoms with Crippen molar-refractivity contribution < 1.29 is 19.4 Å². The summed E-state index contributed by atoms with van der Waals surface area (Å²) in [7, 11) is 0. The summed E-state index contributed by atoms with van der Waals surface area (Å²) in [6.45, 7) is 1.72. The third kappa shape index (κ3) is 4.77. The first-order chi connectivity index (χ1) is 10.0. The maximum atomic E-state index is 12.0. The summed E-state index contributed by atoms with van der Waals surface area (Å²) in [5, 5.41) is 11.7. The molecule has 1 fully saturated rings. The van der Waals surface area contributed by atoms with Gasteiger partial charge < -0.3 is 15.2 Å². The molecule has 2 rings (SSSR count). The fourth-order valence-corrected chi connectivity index (χ4v) is 2.51. The molecule has 5 nitrogen and oxygen atoms in total. The Kier molecular flexibility index (Phi) is 5.20. The van der Waals surface area contributed by atoms with E-state index in [9.17, 15) is 9.59 Å². The van der Waals surface area contributed by atoms with Gasteiger partial charge in [-0.2, -0.15) is 0 Å². The molecule has 1 aliphatic carbocycles. The van der Waals surface area contributed by atoms with E-state index in [4.69, 9.17) is 9.84 Å². The van der Waals surface area contributed by atoms with Gasteiger partial charge in [-0.15, -0.1) is 0 Å². The molecule has 1 unspecified atom stereocenters. The molecule has 1 saturated carbocycles. The van der Waals surface area contributed by atoms with Crippen LogP contribution in [0.15, 0.2) is 24.3 Å². The van der Waals surface area contributed by atoms with Gasteiger partial charge in [-0.3, -0.25) is 9.59 Å². The van der Waals surface area contributed by atoms with Crippen LogP contribution in [-0.2, 0) is 16.0 Å². The third-order valence-corrected chi connectivity index (χ3v) is 3.66. The number of carbonyl (C=O) groups excluding carboxylic acids is 1. The van der Waals surface area contributed by atoms with E-state index in [1.807, 2.05) is 0 Å². The van der Waals surface area contributed by atoms with Gasteiger partial charge in [-0.1, -0.05) is 25.0 Å². The van der Waals surface area contributed by atoms with Crippen molar-refractivity contribution in [1.82, 2.24) is 5.32 Å². The minimum atomic E-state index is -0.868. The molecule has 5 heteroatoms. The van der Waals surface area contributed by atoms with Crippen molar-refractivity contribution in [1.29, 1.82) is 0 Å². The molecule has 2 N–H and O–H groups in total. The SMILES string of the molecule is CC(Oc1ccc(CC(=O)O)cc1)C(=O)NC1CCCC1. The van der Waals surface area contributed by atoms with Crippen LogP contribution in [0.2, 0.25) is 0 Å². The van der Waals surface area contributed by atoms with Crippen LogP contribution in [0, 0.1) is 0 Å². The number of hydrogen-bond acceptors (Lipinski definition) is 3. The number of benzene rings is 1. The molecule has 1 atom stereocenters. The lowest BCUT2D eigenvalue weighted by atomic mass is 10.1. The average Bonchev–Trinajstić information content (AvgIpc) is 2.93. The van der Waals surface area contributed by atoms with Crippen LogP contribution in [0.4, 0.5) is 0 Å². The summed E-state index contributed by atoms with van der Waals surface area (Å²) in [6, 6.07) is 7.06. The van der Waals surface area contributed by atoms with E-state index < -0.39 is 12.1 Å². The summed E-state index contributed by atoms with van der Waals surface area (Å²) < 4.78 is 5.59. The highest BCUT2D eigenvalue weighted by Gasteiger charge is 2.21. The van der Waals surface area contributed by atoms with Gasteiger partial charge in [-0.05, 0) is 37.5 Å². The number of aliphatic carboxylic acids is 1. The molecular weight excluding hydrogens is 270 g/mol. The summed E-state index contributed by atoms with van der Waals surface area (Å²) in [4.78, 5) is 22.6. The minimum absolute atomic E-state index is 0.0159. The van der Waals surface area contributed by atoms with Crippen LogP contribution in [0.3, 0.4) is 0 Å². The van der Waals surface area contributed by atoms with E-state index in [2.05, 4.69) is 5.32 Å². The number of carboxylic acid groups (broad SMARTS) is 1. The molecule has 0 radical (unpaired) electrons. The topological polar surface area (TPSA) is 75.6 Å². The second-order valence-electron chi connectivity index (χ2n) is 5.46. The Morgan fingerprint density at radius 2 is 1.90 bits per heavy atom. The predicted molar refractivity (Wildman–Crippen MR) is 78.3 cm³/mol. The maximum Gasteiger partial charge on any atom is 0.307 e. The fourth-order valence-electron chi connectivity index (χ4n) is 2.51. The van der Waals surface area contributed by atoms with E-state index in [0.717, 1.165) is 12.8 Å². The monoisotopic (exact) mass is 291 g/mol. The van der Waals surface area contributed by atoms with Crippen molar-refractivity contribution >= 4 is 11.9 Å². The van der Waals surface area contributed by atoms with Crippen molar-refractivity contribution in [2.45, 2.75) is 51.2 Å². The second kappa shape index (κ2) is 7.11. The van der Waals surface area contributed by atoms with Crippen molar-refractivity contribution in [2.75, 3.05) is 0 Å². The first-order valence-electron chi connectivity index (χ1n) is 7.32. The molecule has 0 heterocycles. The molecular formula is C16H21NO4. The third-order valence-electron chi connectivity index (χ3n) is 3.66. The van der Waals surface area contributed by atoms with Crippen LogP contribution in [0.25, 0.3) is 0 Å². The van der Waals surface area contributed by atoms with Gasteiger partial charge in [0.15, 0.2) is 6.10 Å². The van der Waals surface area contributed by atoms with Gasteiger partial charge in [-0.25, -0.2) is 0 Å². The van der Waals surface area contributed by atoms with Gasteiger partial charge in [0.1, 0.15) is 5.75 Å². The first-order valence-corrected chi connectivity index (χ1v) is 7.32. The number of carboxylic acids is 1. The van der Waals surface area contributed by atoms with Gasteiger partial charge in [0, 0.05) is 6.04 Å². The van der Waals surface area contributed by atoms with Crippen LogP contribution in [0.1, 0.15) is 38.2 Å². The number of rotatable bonds is 6. The van der Waals surface area contributed by atoms with E-state index in [-0.39, 0.29) is 18.4 Å². The number of amides is 1. The van der Waals surface area contributed by atoms with Crippen LogP contribution in [0.5, 0.6) is 5.75 Å². The average molecular weight is 291 g/mol. The molecule has 21 heavy (non-hydrogen) atoms. The highest BCUT2D eigenvalue weighted by Crippen LogP contribution is 2.18. The lowest BCUT2D eigenvalue weighted by molar-refractivity contribution is -0.136. The number of carbonyl (C=O) groups is 2. The molecule has 0 bridgehead atoms. The van der Waals surface area contributed by atoms with Crippen LogP contribution < -0.4 is 10.1 Å². The standard InChI is InChI=1S/C16H21NO4/c1-11(16(20)17-13-4-2-3-5-13)21-14-8-6-12(7-9-14)10-15(18)19/h6-9,11,13H,2-5,10H2,1H3,(H,17,20)(H,18,19). The van der Waals surface area contributed by atoms with Crippen molar-refractivity contribution in [3.05, 3.63) is 29.8 Å². The van der Waals surface area contributed by atoms with E-state index in [0.29, 0.717) is 11.3 Å². The molecule has 0 aromatic heterocycles. The summed E-state index contributed by atoms with van der Waals surface area (Å²) >= 11 is 0. The van der Waals surface area contributed by atoms with Gasteiger partial charge in [0.25, 0.3) is 5.91 Å². The Labute approximate surface area is 124 Å². The Morgan fingerprint density at radius 1 is 1.29 bits per heavy atom. The molecule has 1 amide bonds. The van der Waals surface area contributed by atoms with Gasteiger partial charge >= 0.3 is 5.97 Å². The highest BCUT2D eigenvalue weighted by atomic mass is 16.5. The Balaban J connectivity index is 1.84. The molecule has 0 saturated heterocycles. The Morgan fingerprint density at radius 3 is 2.48 bits per heavy atom. The van der Waals surface area contributed by atoms with E-state index >= 15 is 0 Å². The summed E-state index contributed by atoms with van der Waals surface area (Å²) in [6.07, 6.45) is 3.86. The lowest BCUT2D eigenvalue weighted by Crippen LogP contribution is -2.41. The molecule has 114 valence electrons. The minimum Gasteiger partial charge on any atom is -0.481 e. The van der Waals surface area contributed by atoms with Crippen LogP contribution in [-0.4, -0.2) is 29.1 Å². The number of nitrogens with one attached hydrogen (secondary N) is 1. The van der Waals surface area contributed by atoms with Gasteiger partial charge in [0.2, 0.25) is 0 Å². The van der Waals surface area contributed by atoms with Crippen molar-refractivity contribution in [3.63, 3.8) is 0 Å². The number of hydrogen-bond donors (Lipinski definition) is 2. The largest absolute Gasteiger partial charge is 0.481 e. The van der Waals surface area contributed by atoms with Gasteiger partial charge in [0.05, 0.1) is 6.42 Å². The lowest BCUT2D eigenvalue weighted by Gasteiger charge is -2.18. The number of ether oxygens (including phenoxy) is 1. The van der Waals surface area contributed by atoms with Crippen LogP contribution >= 0.6 is 0 Å². The normalized spacial score (nSPS) is 16.4. The maximum absolute atomic E-state index is 12.0. The highest BCUT2D eigenvalue weighted by molar-refractivity contribution is 5.81. The van der Waals surface area contributed by atoms with Crippen molar-refractivity contribution in [3.8, 4) is 5.75 Å². The zero-order valence-corrected chi connectivity index (χ0v) is 12.2. The van der Waals surface area contributed by atoms with E-state index in [1.165, 1.54) is 12.8 Å². The first kappa shape index (κ1) is 15.4. The summed E-state index contributed by atoms with van der Waals surface area (Å²) in [5.74, 6) is -0.400. The molecule has 0 aliphatic heterocycles. The fraction of sp³-hybridized carbons (Fsp3) is 0.500. The Hall–Kier alpha value is -2.04. The predicted octanol–water partition coefficient (Wildman–Crippen LogP) is 2.14. The summed E-state index contributed by atoms with van der Waals surface area (Å²) in [5.41, 5.74) is 0.706. The molecule has 1 aromatic rings.